The van der Waals surface area contributed by atoms with Crippen LogP contribution in [0.5, 0.6) is 0 Å². The van der Waals surface area contributed by atoms with Crippen molar-refractivity contribution in [3.63, 3.8) is 0 Å². The van der Waals surface area contributed by atoms with Crippen molar-refractivity contribution >= 4 is 34.2 Å². The molecule has 0 saturated heterocycles. The highest BCUT2D eigenvalue weighted by molar-refractivity contribution is 14.1. The smallest absolute Gasteiger partial charge is 0.0932 e. The molecule has 1 saturated carbocycles. The Morgan fingerprint density at radius 2 is 1.94 bits per heavy atom. The number of hydrogen-bond donors (Lipinski definition) is 0. The van der Waals surface area contributed by atoms with E-state index in [4.69, 9.17) is 16.3 Å². The maximum Gasteiger partial charge on any atom is 0.0932 e. The lowest BCUT2D eigenvalue weighted by Crippen LogP contribution is -2.20. The van der Waals surface area contributed by atoms with Crippen LogP contribution in [0.3, 0.4) is 0 Å². The standard InChI is InChI=1S/C14H18ClIO/c15-13-9-5-4-8-12(13)14(10-16)17-11-6-2-1-3-7-11/h4-5,8-9,11,14H,1-3,6-7,10H2. The monoisotopic (exact) mass is 364 g/mol. The van der Waals surface area contributed by atoms with E-state index in [1.807, 2.05) is 18.2 Å². The third-order valence-electron chi connectivity index (χ3n) is 3.30. The number of benzene rings is 1. The SMILES string of the molecule is Clc1ccccc1C(CI)OC1CCCCC1. The highest BCUT2D eigenvalue weighted by Gasteiger charge is 2.21. The Balaban J connectivity index is 2.03. The summed E-state index contributed by atoms with van der Waals surface area (Å²) in [6.45, 7) is 0. The molecule has 0 N–H and O–H groups in total. The molecule has 2 rings (SSSR count). The quantitative estimate of drug-likeness (QED) is 0.529. The van der Waals surface area contributed by atoms with Gasteiger partial charge in [0, 0.05) is 15.0 Å². The van der Waals surface area contributed by atoms with Crippen LogP contribution in [0.1, 0.15) is 43.8 Å². The molecule has 3 heteroatoms. The van der Waals surface area contributed by atoms with Crippen molar-refractivity contribution in [1.82, 2.24) is 0 Å². The molecule has 0 bridgehead atoms. The molecule has 1 aromatic rings. The average molecular weight is 365 g/mol. The van der Waals surface area contributed by atoms with Gasteiger partial charge in [0.1, 0.15) is 0 Å². The number of alkyl halides is 1. The Hall–Kier alpha value is 0.200. The Labute approximate surface area is 122 Å². The second-order valence-corrected chi connectivity index (χ2v) is 5.85. The van der Waals surface area contributed by atoms with Gasteiger partial charge < -0.3 is 4.74 Å². The Kier molecular flexibility index (Phi) is 5.57. The van der Waals surface area contributed by atoms with E-state index in [0.717, 1.165) is 15.0 Å². The fourth-order valence-electron chi connectivity index (χ4n) is 2.36. The van der Waals surface area contributed by atoms with E-state index in [-0.39, 0.29) is 6.10 Å². The van der Waals surface area contributed by atoms with E-state index in [1.165, 1.54) is 32.1 Å². The first kappa shape index (κ1) is 13.6. The van der Waals surface area contributed by atoms with Crippen molar-refractivity contribution in [1.29, 1.82) is 0 Å². The minimum atomic E-state index is 0.146. The third kappa shape index (κ3) is 3.83. The number of hydrogen-bond acceptors (Lipinski definition) is 1. The minimum Gasteiger partial charge on any atom is -0.369 e. The zero-order valence-corrected chi connectivity index (χ0v) is 12.8. The average Bonchev–Trinajstić information content (AvgIpc) is 2.38. The topological polar surface area (TPSA) is 9.23 Å². The highest BCUT2D eigenvalue weighted by atomic mass is 127. The predicted octanol–water partition coefficient (Wildman–Crippen LogP) is 5.17. The summed E-state index contributed by atoms with van der Waals surface area (Å²) in [4.78, 5) is 0. The van der Waals surface area contributed by atoms with Gasteiger partial charge in [0.2, 0.25) is 0 Å². The Bertz CT molecular complexity index is 350. The summed E-state index contributed by atoms with van der Waals surface area (Å²) >= 11 is 8.61. The predicted molar refractivity (Wildman–Crippen MR) is 81.0 cm³/mol. The van der Waals surface area contributed by atoms with Crippen molar-refractivity contribution in [3.8, 4) is 0 Å². The highest BCUT2D eigenvalue weighted by Crippen LogP contribution is 2.31. The second kappa shape index (κ2) is 6.95. The van der Waals surface area contributed by atoms with Crippen LogP contribution in [-0.4, -0.2) is 10.5 Å². The lowest BCUT2D eigenvalue weighted by Gasteiger charge is -2.27. The zero-order valence-electron chi connectivity index (χ0n) is 9.87. The summed E-state index contributed by atoms with van der Waals surface area (Å²) in [6.07, 6.45) is 6.96. The third-order valence-corrected chi connectivity index (χ3v) is 4.45. The van der Waals surface area contributed by atoms with Crippen LogP contribution in [0.15, 0.2) is 24.3 Å². The number of rotatable bonds is 4. The molecule has 0 aliphatic heterocycles. The Morgan fingerprint density at radius 3 is 2.59 bits per heavy atom. The largest absolute Gasteiger partial charge is 0.369 e. The molecule has 1 aromatic carbocycles. The summed E-state index contributed by atoms with van der Waals surface area (Å²) in [5, 5.41) is 0.824. The summed E-state index contributed by atoms with van der Waals surface area (Å²) in [5.41, 5.74) is 1.13. The van der Waals surface area contributed by atoms with E-state index in [2.05, 4.69) is 28.7 Å². The zero-order chi connectivity index (χ0) is 12.1. The first-order valence-corrected chi connectivity index (χ1v) is 8.17. The molecule has 17 heavy (non-hydrogen) atoms. The summed E-state index contributed by atoms with van der Waals surface area (Å²) in [5.74, 6) is 0. The van der Waals surface area contributed by atoms with Gasteiger partial charge in [-0.05, 0) is 18.9 Å². The molecule has 0 radical (unpaired) electrons. The van der Waals surface area contributed by atoms with Gasteiger partial charge in [0.15, 0.2) is 0 Å². The first-order chi connectivity index (χ1) is 8.31. The molecule has 0 amide bonds. The van der Waals surface area contributed by atoms with Gasteiger partial charge in [-0.1, -0.05) is 71.7 Å². The van der Waals surface area contributed by atoms with Crippen LogP contribution >= 0.6 is 34.2 Å². The van der Waals surface area contributed by atoms with Gasteiger partial charge in [-0.3, -0.25) is 0 Å². The molecule has 0 heterocycles. The normalized spacial score (nSPS) is 19.2. The van der Waals surface area contributed by atoms with Crippen molar-refractivity contribution in [2.24, 2.45) is 0 Å². The van der Waals surface area contributed by atoms with Crippen molar-refractivity contribution < 1.29 is 4.74 Å². The summed E-state index contributed by atoms with van der Waals surface area (Å²) in [7, 11) is 0. The van der Waals surface area contributed by atoms with Gasteiger partial charge in [0.05, 0.1) is 12.2 Å². The Morgan fingerprint density at radius 1 is 1.24 bits per heavy atom. The lowest BCUT2D eigenvalue weighted by molar-refractivity contribution is -0.0184. The molecule has 1 aliphatic rings. The van der Waals surface area contributed by atoms with E-state index in [0.29, 0.717) is 6.10 Å². The van der Waals surface area contributed by atoms with Crippen molar-refractivity contribution in [2.75, 3.05) is 4.43 Å². The van der Waals surface area contributed by atoms with Crippen LogP contribution in [0.2, 0.25) is 5.02 Å². The van der Waals surface area contributed by atoms with Gasteiger partial charge in [0.25, 0.3) is 0 Å². The van der Waals surface area contributed by atoms with E-state index < -0.39 is 0 Å². The van der Waals surface area contributed by atoms with E-state index >= 15 is 0 Å². The van der Waals surface area contributed by atoms with Gasteiger partial charge in [-0.15, -0.1) is 0 Å². The molecule has 1 aliphatic carbocycles. The fraction of sp³-hybridized carbons (Fsp3) is 0.571. The molecular weight excluding hydrogens is 347 g/mol. The van der Waals surface area contributed by atoms with Crippen LogP contribution < -0.4 is 0 Å². The van der Waals surface area contributed by atoms with E-state index in [1.54, 1.807) is 0 Å². The summed E-state index contributed by atoms with van der Waals surface area (Å²) < 4.78 is 7.17. The van der Waals surface area contributed by atoms with Gasteiger partial charge in [-0.2, -0.15) is 0 Å². The van der Waals surface area contributed by atoms with Crippen LogP contribution in [-0.2, 0) is 4.74 Å². The number of ether oxygens (including phenoxy) is 1. The fourth-order valence-corrected chi connectivity index (χ4v) is 3.30. The minimum absolute atomic E-state index is 0.146. The van der Waals surface area contributed by atoms with Crippen LogP contribution in [0.25, 0.3) is 0 Å². The molecule has 0 spiro atoms. The molecule has 1 nitrogen and oxygen atoms in total. The summed E-state index contributed by atoms with van der Waals surface area (Å²) in [6, 6.07) is 8.02. The molecule has 1 fully saturated rings. The van der Waals surface area contributed by atoms with E-state index in [9.17, 15) is 0 Å². The maximum atomic E-state index is 6.23. The van der Waals surface area contributed by atoms with Crippen LogP contribution in [0.4, 0.5) is 0 Å². The second-order valence-electron chi connectivity index (χ2n) is 4.56. The van der Waals surface area contributed by atoms with Gasteiger partial charge >= 0.3 is 0 Å². The first-order valence-electron chi connectivity index (χ1n) is 6.27. The maximum absolute atomic E-state index is 6.23. The number of halogens is 2. The molecule has 1 unspecified atom stereocenters. The van der Waals surface area contributed by atoms with Crippen molar-refractivity contribution in [2.45, 2.75) is 44.3 Å². The van der Waals surface area contributed by atoms with Crippen molar-refractivity contribution in [3.05, 3.63) is 34.9 Å². The van der Waals surface area contributed by atoms with Crippen LogP contribution in [0, 0.1) is 0 Å². The molecule has 0 aromatic heterocycles. The van der Waals surface area contributed by atoms with Gasteiger partial charge in [-0.25, -0.2) is 0 Å². The molecule has 94 valence electrons. The molecular formula is C14H18ClIO. The molecule has 1 atom stereocenters. The lowest BCUT2D eigenvalue weighted by atomic mass is 9.97.